The van der Waals surface area contributed by atoms with Gasteiger partial charge in [-0.1, -0.05) is 36.9 Å². The molecule has 0 fully saturated rings. The van der Waals surface area contributed by atoms with Crippen LogP contribution in [0.25, 0.3) is 23.8 Å². The van der Waals surface area contributed by atoms with E-state index in [-0.39, 0.29) is 6.61 Å². The molecule has 1 aliphatic carbocycles. The number of ether oxygens (including phenoxy) is 2. The molecule has 0 amide bonds. The standard InChI is InChI=1S/C18H14O4/c1-3-21-18(20)22-17(19)14-9-8-11(2)15-10-12-6-4-5-7-13(12)16(14)15/h4-10H,2-3H2,1H3. The van der Waals surface area contributed by atoms with Crippen LogP contribution >= 0.6 is 0 Å². The van der Waals surface area contributed by atoms with E-state index in [4.69, 9.17) is 4.74 Å². The van der Waals surface area contributed by atoms with Gasteiger partial charge in [0.1, 0.15) is 0 Å². The van der Waals surface area contributed by atoms with Crippen molar-refractivity contribution in [2.24, 2.45) is 0 Å². The molecule has 0 aliphatic heterocycles. The van der Waals surface area contributed by atoms with Gasteiger partial charge >= 0.3 is 12.1 Å². The number of fused-ring (bicyclic) bond motifs is 3. The summed E-state index contributed by atoms with van der Waals surface area (Å²) in [5.41, 5.74) is 3.02. The minimum Gasteiger partial charge on any atom is -0.434 e. The van der Waals surface area contributed by atoms with Gasteiger partial charge in [-0.2, -0.15) is 0 Å². The highest BCUT2D eigenvalue weighted by Gasteiger charge is 2.22. The van der Waals surface area contributed by atoms with E-state index in [1.54, 1.807) is 19.1 Å². The second-order valence-electron chi connectivity index (χ2n) is 4.87. The molecular weight excluding hydrogens is 280 g/mol. The Hall–Kier alpha value is -2.88. The van der Waals surface area contributed by atoms with Crippen LogP contribution in [0.4, 0.5) is 4.79 Å². The maximum Gasteiger partial charge on any atom is 0.516 e. The summed E-state index contributed by atoms with van der Waals surface area (Å²) in [4.78, 5) is 23.6. The third-order valence-electron chi connectivity index (χ3n) is 3.52. The van der Waals surface area contributed by atoms with Crippen LogP contribution in [0.3, 0.4) is 0 Å². The largest absolute Gasteiger partial charge is 0.516 e. The highest BCUT2D eigenvalue weighted by molar-refractivity contribution is 6.03. The van der Waals surface area contributed by atoms with Crippen molar-refractivity contribution in [3.8, 4) is 11.1 Å². The lowest BCUT2D eigenvalue weighted by molar-refractivity contribution is 0.0402. The van der Waals surface area contributed by atoms with Crippen molar-refractivity contribution in [3.05, 3.63) is 58.0 Å². The Balaban J connectivity index is 2.09. The molecule has 0 saturated heterocycles. The smallest absolute Gasteiger partial charge is 0.434 e. The zero-order valence-electron chi connectivity index (χ0n) is 12.1. The second-order valence-corrected chi connectivity index (χ2v) is 4.87. The quantitative estimate of drug-likeness (QED) is 0.537. The summed E-state index contributed by atoms with van der Waals surface area (Å²) in [5.74, 6) is -0.722. The van der Waals surface area contributed by atoms with E-state index in [1.807, 2.05) is 30.3 Å². The minimum atomic E-state index is -0.991. The molecule has 0 N–H and O–H groups in total. The lowest BCUT2D eigenvalue weighted by Crippen LogP contribution is -2.26. The number of rotatable bonds is 2. The van der Waals surface area contributed by atoms with Gasteiger partial charge in [0.25, 0.3) is 0 Å². The molecule has 0 spiro atoms. The van der Waals surface area contributed by atoms with Gasteiger partial charge in [0, 0.05) is 5.56 Å². The monoisotopic (exact) mass is 294 g/mol. The van der Waals surface area contributed by atoms with E-state index in [0.717, 1.165) is 27.1 Å². The van der Waals surface area contributed by atoms with E-state index in [0.29, 0.717) is 5.56 Å². The third-order valence-corrected chi connectivity index (χ3v) is 3.52. The van der Waals surface area contributed by atoms with Gasteiger partial charge in [-0.05, 0) is 40.6 Å². The van der Waals surface area contributed by atoms with Crippen LogP contribution in [-0.4, -0.2) is 18.7 Å². The fourth-order valence-corrected chi connectivity index (χ4v) is 2.57. The summed E-state index contributed by atoms with van der Waals surface area (Å²) in [6.45, 7) is 5.79. The molecule has 4 heteroatoms. The van der Waals surface area contributed by atoms with Crippen molar-refractivity contribution in [2.75, 3.05) is 6.61 Å². The molecule has 0 saturated carbocycles. The average Bonchev–Trinajstić information content (AvgIpc) is 2.88. The zero-order valence-corrected chi connectivity index (χ0v) is 12.1. The molecule has 3 rings (SSSR count). The Bertz CT molecular complexity index is 880. The molecule has 1 aliphatic rings. The van der Waals surface area contributed by atoms with Crippen LogP contribution in [-0.2, 0) is 9.47 Å². The summed E-state index contributed by atoms with van der Waals surface area (Å²) >= 11 is 0. The fraction of sp³-hybridized carbons (Fsp3) is 0.111. The van der Waals surface area contributed by atoms with Crippen molar-refractivity contribution in [1.29, 1.82) is 0 Å². The first-order valence-corrected chi connectivity index (χ1v) is 6.94. The molecule has 0 radical (unpaired) electrons. The van der Waals surface area contributed by atoms with Crippen LogP contribution in [0.5, 0.6) is 0 Å². The first kappa shape index (κ1) is 14.1. The van der Waals surface area contributed by atoms with Gasteiger partial charge in [-0.15, -0.1) is 0 Å². The zero-order chi connectivity index (χ0) is 15.7. The van der Waals surface area contributed by atoms with Crippen LogP contribution in [0, 0.1) is 0 Å². The first-order valence-electron chi connectivity index (χ1n) is 6.94. The van der Waals surface area contributed by atoms with Gasteiger partial charge in [0.15, 0.2) is 0 Å². The molecule has 0 bridgehead atoms. The molecule has 0 heterocycles. The highest BCUT2D eigenvalue weighted by atomic mass is 16.7. The van der Waals surface area contributed by atoms with Crippen molar-refractivity contribution < 1.29 is 19.1 Å². The van der Waals surface area contributed by atoms with E-state index in [1.165, 1.54) is 0 Å². The predicted molar refractivity (Wildman–Crippen MR) is 82.7 cm³/mol. The van der Waals surface area contributed by atoms with Gasteiger partial charge in [0.05, 0.1) is 12.2 Å². The molecule has 110 valence electrons. The highest BCUT2D eigenvalue weighted by Crippen LogP contribution is 2.28. The fourth-order valence-electron chi connectivity index (χ4n) is 2.57. The Morgan fingerprint density at radius 3 is 2.68 bits per heavy atom. The average molecular weight is 294 g/mol. The molecule has 0 atom stereocenters. The second kappa shape index (κ2) is 5.48. The maximum atomic E-state index is 12.3. The van der Waals surface area contributed by atoms with Crippen LogP contribution < -0.4 is 10.4 Å². The molecular formula is C18H14O4. The molecule has 22 heavy (non-hydrogen) atoms. The maximum absolute atomic E-state index is 12.3. The summed E-state index contributed by atoms with van der Waals surface area (Å²) in [6, 6.07) is 11.1. The number of hydrogen-bond acceptors (Lipinski definition) is 4. The van der Waals surface area contributed by atoms with Crippen molar-refractivity contribution in [1.82, 2.24) is 0 Å². The summed E-state index contributed by atoms with van der Waals surface area (Å²) in [6.07, 6.45) is 0.990. The normalized spacial score (nSPS) is 11.1. The Labute approximate surface area is 127 Å². The van der Waals surface area contributed by atoms with E-state index >= 15 is 0 Å². The SMILES string of the molecule is C=c1ccc(C(=O)OC(=O)OCC)c2c1=Cc1ccccc1-2. The Morgan fingerprint density at radius 2 is 1.91 bits per heavy atom. The van der Waals surface area contributed by atoms with Crippen molar-refractivity contribution in [3.63, 3.8) is 0 Å². The van der Waals surface area contributed by atoms with E-state index in [2.05, 4.69) is 11.3 Å². The Kier molecular flexibility index (Phi) is 3.51. The summed E-state index contributed by atoms with van der Waals surface area (Å²) < 4.78 is 9.37. The number of hydrogen-bond donors (Lipinski definition) is 0. The van der Waals surface area contributed by atoms with Crippen LogP contribution in [0.2, 0.25) is 0 Å². The minimum absolute atomic E-state index is 0.151. The van der Waals surface area contributed by atoms with E-state index < -0.39 is 12.1 Å². The summed E-state index contributed by atoms with van der Waals surface area (Å²) in [7, 11) is 0. The molecule has 0 aromatic heterocycles. The van der Waals surface area contributed by atoms with Crippen molar-refractivity contribution >= 4 is 24.8 Å². The van der Waals surface area contributed by atoms with Crippen molar-refractivity contribution in [2.45, 2.75) is 6.92 Å². The summed E-state index contributed by atoms with van der Waals surface area (Å²) in [5, 5.41) is 1.69. The molecule has 2 aromatic rings. The number of carbonyl (C=O) groups excluding carboxylic acids is 2. The number of benzene rings is 2. The van der Waals surface area contributed by atoms with E-state index in [9.17, 15) is 9.59 Å². The molecule has 4 nitrogen and oxygen atoms in total. The molecule has 2 aromatic carbocycles. The van der Waals surface area contributed by atoms with Crippen LogP contribution in [0.1, 0.15) is 22.8 Å². The lowest BCUT2D eigenvalue weighted by Gasteiger charge is -2.08. The van der Waals surface area contributed by atoms with Gasteiger partial charge in [-0.25, -0.2) is 9.59 Å². The lowest BCUT2D eigenvalue weighted by atomic mass is 9.99. The number of esters is 1. The van der Waals surface area contributed by atoms with Crippen LogP contribution in [0.15, 0.2) is 36.4 Å². The Morgan fingerprint density at radius 1 is 1.14 bits per heavy atom. The molecule has 0 unspecified atom stereocenters. The third kappa shape index (κ3) is 2.29. The van der Waals surface area contributed by atoms with Gasteiger partial charge in [0.2, 0.25) is 0 Å². The van der Waals surface area contributed by atoms with Gasteiger partial charge in [-0.3, -0.25) is 0 Å². The first-order chi connectivity index (χ1) is 10.6. The predicted octanol–water partition coefficient (Wildman–Crippen LogP) is 2.22. The van der Waals surface area contributed by atoms with Gasteiger partial charge < -0.3 is 9.47 Å². The number of carbonyl (C=O) groups is 2. The topological polar surface area (TPSA) is 52.6 Å².